The first-order chi connectivity index (χ1) is 13.5. The molecule has 0 radical (unpaired) electrons. The average Bonchev–Trinajstić information content (AvgIpc) is 3.38. The molecule has 0 aliphatic heterocycles. The Hall–Kier alpha value is -2.56. The molecule has 1 saturated carbocycles. The van der Waals surface area contributed by atoms with Crippen molar-refractivity contribution in [2.24, 2.45) is 5.92 Å². The van der Waals surface area contributed by atoms with Crippen molar-refractivity contribution < 1.29 is 14.3 Å². The highest BCUT2D eigenvalue weighted by Gasteiger charge is 2.22. The van der Waals surface area contributed by atoms with Crippen LogP contribution in [0.4, 0.5) is 0 Å². The van der Waals surface area contributed by atoms with Gasteiger partial charge < -0.3 is 14.8 Å². The van der Waals surface area contributed by atoms with Gasteiger partial charge in [0, 0.05) is 18.3 Å². The van der Waals surface area contributed by atoms with Crippen molar-refractivity contribution in [2.45, 2.75) is 32.2 Å². The molecule has 8 heteroatoms. The molecule has 1 fully saturated rings. The second-order valence-electron chi connectivity index (χ2n) is 6.53. The van der Waals surface area contributed by atoms with Gasteiger partial charge >= 0.3 is 0 Å². The molecule has 0 saturated heterocycles. The van der Waals surface area contributed by atoms with E-state index in [-0.39, 0.29) is 18.4 Å². The lowest BCUT2D eigenvalue weighted by atomic mass is 10.3. The van der Waals surface area contributed by atoms with Crippen LogP contribution in [0, 0.1) is 17.2 Å². The molecular weight excluding hydrogens is 398 g/mol. The Balaban J connectivity index is 1.54. The number of hydrogen-bond donors (Lipinski definition) is 1. The molecule has 1 amide bonds. The van der Waals surface area contributed by atoms with Crippen LogP contribution in [0.1, 0.15) is 31.1 Å². The highest BCUT2D eigenvalue weighted by atomic mass is 35.5. The number of aromatic nitrogens is 1. The number of ether oxygens (including phenoxy) is 2. The summed E-state index contributed by atoms with van der Waals surface area (Å²) in [6.45, 7) is 2.56. The van der Waals surface area contributed by atoms with Gasteiger partial charge in [-0.05, 0) is 43.9 Å². The van der Waals surface area contributed by atoms with Gasteiger partial charge in [-0.1, -0.05) is 29.0 Å². The zero-order valence-electron chi connectivity index (χ0n) is 15.4. The van der Waals surface area contributed by atoms with E-state index in [4.69, 9.17) is 26.3 Å². The van der Waals surface area contributed by atoms with E-state index in [2.05, 4.69) is 10.3 Å². The smallest absolute Gasteiger partial charge is 0.279 e. The number of carbonyl (C=O) groups is 1. The maximum Gasteiger partial charge on any atom is 0.279 e. The minimum Gasteiger partial charge on any atom is -0.493 e. The first-order valence-corrected chi connectivity index (χ1v) is 10.1. The number of rotatable bonds is 9. The van der Waals surface area contributed by atoms with Crippen LogP contribution in [-0.4, -0.2) is 23.5 Å². The number of hydrogen-bond acceptors (Lipinski definition) is 6. The third kappa shape index (κ3) is 6.25. The van der Waals surface area contributed by atoms with Gasteiger partial charge in [0.25, 0.3) is 5.19 Å². The van der Waals surface area contributed by atoms with Crippen LogP contribution in [0.3, 0.4) is 0 Å². The minimum atomic E-state index is -0.299. The Bertz CT molecular complexity index is 902. The van der Waals surface area contributed by atoms with Crippen molar-refractivity contribution in [3.8, 4) is 22.8 Å². The highest BCUT2D eigenvalue weighted by molar-refractivity contribution is 7.14. The van der Waals surface area contributed by atoms with Crippen LogP contribution in [0.5, 0.6) is 16.7 Å². The number of thiazole rings is 1. The van der Waals surface area contributed by atoms with Gasteiger partial charge in [0.05, 0.1) is 22.6 Å². The van der Waals surface area contributed by atoms with Crippen molar-refractivity contribution >= 4 is 34.9 Å². The lowest BCUT2D eigenvalue weighted by molar-refractivity contribution is -0.120. The van der Waals surface area contributed by atoms with Gasteiger partial charge in [-0.25, -0.2) is 4.98 Å². The number of carbonyl (C=O) groups excluding carboxylic acids is 1. The van der Waals surface area contributed by atoms with Gasteiger partial charge in [-0.15, -0.1) is 0 Å². The number of nitrogens with one attached hydrogen (secondary N) is 1. The molecule has 6 nitrogen and oxygen atoms in total. The fraction of sp³-hybridized carbons (Fsp3) is 0.350. The van der Waals surface area contributed by atoms with Crippen molar-refractivity contribution in [3.63, 3.8) is 0 Å². The second kappa shape index (κ2) is 9.58. The molecule has 146 valence electrons. The number of nitrogens with zero attached hydrogens (tertiary/aromatic N) is 2. The summed E-state index contributed by atoms with van der Waals surface area (Å²) in [5, 5.41) is 12.1. The standard InChI is InChI=1S/C20H20ClN3O3S/c1-13(24-19(25)8-9-22)2-6-16-11-23-20(28-16)27-18-7-5-15(10-17(18)21)26-12-14-3-4-14/h2,5-7,10-11,13-14H,3-4,8,12H2,1H3,(H,24,25)/t13-/m0/s1. The van der Waals surface area contributed by atoms with E-state index >= 15 is 0 Å². The number of halogens is 1. The van der Waals surface area contributed by atoms with E-state index in [1.165, 1.54) is 24.2 Å². The summed E-state index contributed by atoms with van der Waals surface area (Å²) < 4.78 is 11.5. The third-order valence-electron chi connectivity index (χ3n) is 3.96. The largest absolute Gasteiger partial charge is 0.493 e. The summed E-state index contributed by atoms with van der Waals surface area (Å²) in [6.07, 6.45) is 7.68. The molecule has 1 heterocycles. The van der Waals surface area contributed by atoms with E-state index in [0.29, 0.717) is 21.9 Å². The fourth-order valence-corrected chi connectivity index (χ4v) is 3.20. The number of nitriles is 1. The van der Waals surface area contributed by atoms with Crippen LogP contribution in [-0.2, 0) is 4.79 Å². The molecule has 1 aliphatic carbocycles. The predicted octanol–water partition coefficient (Wildman–Crippen LogP) is 4.81. The maximum absolute atomic E-state index is 11.4. The zero-order chi connectivity index (χ0) is 19.9. The van der Waals surface area contributed by atoms with Crippen LogP contribution in [0.25, 0.3) is 6.08 Å². The van der Waals surface area contributed by atoms with Gasteiger partial charge in [-0.3, -0.25) is 4.79 Å². The number of benzene rings is 1. The Labute approximate surface area is 172 Å². The van der Waals surface area contributed by atoms with Gasteiger partial charge in [0.15, 0.2) is 0 Å². The van der Waals surface area contributed by atoms with Crippen molar-refractivity contribution in [2.75, 3.05) is 6.61 Å². The molecule has 1 N–H and O–H groups in total. The van der Waals surface area contributed by atoms with Gasteiger partial charge in [0.2, 0.25) is 5.91 Å². The molecule has 0 bridgehead atoms. The summed E-state index contributed by atoms with van der Waals surface area (Å²) in [5.74, 6) is 1.63. The molecule has 1 atom stereocenters. The Kier molecular flexibility index (Phi) is 6.90. The van der Waals surface area contributed by atoms with Gasteiger partial charge in [-0.2, -0.15) is 5.26 Å². The molecule has 1 aliphatic rings. The lowest BCUT2D eigenvalue weighted by Gasteiger charge is -2.08. The van der Waals surface area contributed by atoms with Crippen molar-refractivity contribution in [1.29, 1.82) is 5.26 Å². The van der Waals surface area contributed by atoms with Crippen molar-refractivity contribution in [3.05, 3.63) is 40.4 Å². The van der Waals surface area contributed by atoms with Crippen LogP contribution < -0.4 is 14.8 Å². The summed E-state index contributed by atoms with van der Waals surface area (Å²) in [7, 11) is 0. The number of amides is 1. The molecule has 2 aromatic rings. The third-order valence-corrected chi connectivity index (χ3v) is 5.10. The topological polar surface area (TPSA) is 84.2 Å². The summed E-state index contributed by atoms with van der Waals surface area (Å²) in [5.41, 5.74) is 0. The Morgan fingerprint density at radius 3 is 3.07 bits per heavy atom. The Morgan fingerprint density at radius 2 is 2.36 bits per heavy atom. The van der Waals surface area contributed by atoms with Crippen LogP contribution in [0.2, 0.25) is 5.02 Å². The van der Waals surface area contributed by atoms with E-state index < -0.39 is 0 Å². The molecule has 3 rings (SSSR count). The van der Waals surface area contributed by atoms with E-state index in [0.717, 1.165) is 17.2 Å². The summed E-state index contributed by atoms with van der Waals surface area (Å²) in [4.78, 5) is 16.5. The van der Waals surface area contributed by atoms with Crippen LogP contribution in [0.15, 0.2) is 30.5 Å². The minimum absolute atomic E-state index is 0.151. The SMILES string of the molecule is C[C@@H](C=Cc1cnc(Oc2ccc(OCC3CC3)cc2Cl)s1)NC(=O)CC#N. The molecule has 0 spiro atoms. The second-order valence-corrected chi connectivity index (χ2v) is 7.96. The summed E-state index contributed by atoms with van der Waals surface area (Å²) >= 11 is 7.65. The average molecular weight is 418 g/mol. The van der Waals surface area contributed by atoms with Crippen molar-refractivity contribution in [1.82, 2.24) is 10.3 Å². The quantitative estimate of drug-likeness (QED) is 0.632. The van der Waals surface area contributed by atoms with E-state index in [1.807, 2.05) is 31.2 Å². The molecule has 1 aromatic carbocycles. The predicted molar refractivity (Wildman–Crippen MR) is 109 cm³/mol. The molecule has 0 unspecified atom stereocenters. The molecule has 1 aromatic heterocycles. The maximum atomic E-state index is 11.4. The Morgan fingerprint density at radius 1 is 1.54 bits per heavy atom. The van der Waals surface area contributed by atoms with E-state index in [9.17, 15) is 4.79 Å². The van der Waals surface area contributed by atoms with Crippen LogP contribution >= 0.6 is 22.9 Å². The normalized spacial score (nSPS) is 14.5. The first kappa shape index (κ1) is 20.2. The monoisotopic (exact) mass is 417 g/mol. The lowest BCUT2D eigenvalue weighted by Crippen LogP contribution is -2.30. The first-order valence-electron chi connectivity index (χ1n) is 8.94. The molecular formula is C20H20ClN3O3S. The zero-order valence-corrected chi connectivity index (χ0v) is 16.9. The van der Waals surface area contributed by atoms with E-state index in [1.54, 1.807) is 18.3 Å². The van der Waals surface area contributed by atoms with Gasteiger partial charge in [0.1, 0.15) is 17.9 Å². The fourth-order valence-electron chi connectivity index (χ4n) is 2.30. The summed E-state index contributed by atoms with van der Waals surface area (Å²) in [6, 6.07) is 6.98. The molecule has 28 heavy (non-hydrogen) atoms. The highest BCUT2D eigenvalue weighted by Crippen LogP contribution is 2.35.